The first-order valence-electron chi connectivity index (χ1n) is 11.0. The molecule has 1 aromatic heterocycles. The van der Waals surface area contributed by atoms with Gasteiger partial charge in [-0.15, -0.1) is 0 Å². The molecule has 2 amide bonds. The highest BCUT2D eigenvalue weighted by atomic mass is 35.5. The Morgan fingerprint density at radius 1 is 1.12 bits per heavy atom. The van der Waals surface area contributed by atoms with Crippen LogP contribution in [0.4, 0.5) is 5.69 Å². The zero-order valence-corrected chi connectivity index (χ0v) is 19.4. The number of amides is 2. The Labute approximate surface area is 198 Å². The van der Waals surface area contributed by atoms with E-state index in [2.05, 4.69) is 43.2 Å². The van der Waals surface area contributed by atoms with Gasteiger partial charge < -0.3 is 4.90 Å². The van der Waals surface area contributed by atoms with Gasteiger partial charge in [-0.3, -0.25) is 24.7 Å². The molecule has 2 unspecified atom stereocenters. The average molecular weight is 472 g/mol. The molecule has 7 nitrogen and oxygen atoms in total. The normalized spacial score (nSPS) is 24.5. The van der Waals surface area contributed by atoms with E-state index < -0.39 is 0 Å². The summed E-state index contributed by atoms with van der Waals surface area (Å²) >= 11 is 10.9. The van der Waals surface area contributed by atoms with Crippen molar-refractivity contribution in [1.82, 2.24) is 20.1 Å². The van der Waals surface area contributed by atoms with Gasteiger partial charge in [-0.2, -0.15) is 12.6 Å². The Morgan fingerprint density at radius 3 is 2.69 bits per heavy atom. The maximum absolute atomic E-state index is 12.3. The molecule has 0 saturated carbocycles. The van der Waals surface area contributed by atoms with Crippen molar-refractivity contribution in [3.63, 3.8) is 0 Å². The molecule has 2 atom stereocenters. The molecular weight excluding hydrogens is 446 g/mol. The number of piperidine rings is 1. The Hall–Kier alpha value is -2.13. The minimum Gasteiger partial charge on any atom is -0.369 e. The van der Waals surface area contributed by atoms with Crippen molar-refractivity contribution < 1.29 is 9.59 Å². The van der Waals surface area contributed by atoms with Crippen molar-refractivity contribution in [2.24, 2.45) is 0 Å². The molecule has 168 valence electrons. The third-order valence-electron chi connectivity index (χ3n) is 6.62. The smallest absolute Gasteiger partial charge is 0.243 e. The van der Waals surface area contributed by atoms with E-state index in [4.69, 9.17) is 24.2 Å². The predicted octanol–water partition coefficient (Wildman–Crippen LogP) is 2.61. The lowest BCUT2D eigenvalue weighted by Gasteiger charge is -2.36. The number of imide groups is 1. The molecule has 0 aliphatic carbocycles. The van der Waals surface area contributed by atoms with E-state index in [1.54, 1.807) is 6.20 Å². The molecule has 0 bridgehead atoms. The molecule has 2 aromatic rings. The van der Waals surface area contributed by atoms with Crippen molar-refractivity contribution >= 4 is 41.7 Å². The zero-order chi connectivity index (χ0) is 22.2. The third kappa shape index (κ3) is 4.37. The van der Waals surface area contributed by atoms with Crippen LogP contribution in [0.5, 0.6) is 0 Å². The Kier molecular flexibility index (Phi) is 6.11. The monoisotopic (exact) mass is 471 g/mol. The van der Waals surface area contributed by atoms with Crippen LogP contribution < -0.4 is 10.2 Å². The number of halogens is 1. The predicted molar refractivity (Wildman–Crippen MR) is 127 cm³/mol. The summed E-state index contributed by atoms with van der Waals surface area (Å²) in [5.74, 6) is -0.394. The number of carbonyl (C=O) groups excluding carboxylic acids is 2. The first-order chi connectivity index (χ1) is 15.5. The molecule has 1 aromatic carbocycles. The fourth-order valence-corrected chi connectivity index (χ4v) is 5.53. The third-order valence-corrected chi connectivity index (χ3v) is 7.40. The number of piperazine rings is 1. The average Bonchev–Trinajstić information content (AvgIpc) is 3.10. The van der Waals surface area contributed by atoms with E-state index >= 15 is 0 Å². The summed E-state index contributed by atoms with van der Waals surface area (Å²) < 4.78 is 0. The van der Waals surface area contributed by atoms with Crippen molar-refractivity contribution in [3.05, 3.63) is 58.4 Å². The second-order valence-corrected chi connectivity index (χ2v) is 9.52. The SMILES string of the molecule is O=C1CCC(N2Cc3ccc(CN4CCN(c5ccnc(Cl)c5)CC4)cc3C2S)C(=O)N1. The topological polar surface area (TPSA) is 68.8 Å². The van der Waals surface area contributed by atoms with Gasteiger partial charge in [-0.1, -0.05) is 29.8 Å². The first-order valence-corrected chi connectivity index (χ1v) is 11.9. The van der Waals surface area contributed by atoms with Crippen LogP contribution in [0.25, 0.3) is 0 Å². The summed E-state index contributed by atoms with van der Waals surface area (Å²) in [6.45, 7) is 5.42. The number of nitrogens with zero attached hydrogens (tertiary/aromatic N) is 4. The number of benzene rings is 1. The number of fused-ring (bicyclic) bond motifs is 1. The molecule has 0 spiro atoms. The summed E-state index contributed by atoms with van der Waals surface area (Å²) in [5, 5.41) is 2.85. The van der Waals surface area contributed by atoms with Crippen LogP contribution >= 0.6 is 24.2 Å². The summed E-state index contributed by atoms with van der Waals surface area (Å²) in [6.07, 6.45) is 2.68. The summed E-state index contributed by atoms with van der Waals surface area (Å²) in [5.41, 5.74) is 4.75. The molecule has 4 heterocycles. The number of hydrogen-bond donors (Lipinski definition) is 2. The lowest BCUT2D eigenvalue weighted by Crippen LogP contribution is -2.51. The fraction of sp³-hybridized carbons (Fsp3) is 0.435. The second-order valence-electron chi connectivity index (χ2n) is 8.65. The van der Waals surface area contributed by atoms with Crippen LogP contribution in [-0.4, -0.2) is 58.8 Å². The van der Waals surface area contributed by atoms with Gasteiger partial charge in [0.05, 0.1) is 11.4 Å². The highest BCUT2D eigenvalue weighted by Crippen LogP contribution is 2.39. The number of hydrogen-bond acceptors (Lipinski definition) is 7. The van der Waals surface area contributed by atoms with Gasteiger partial charge in [0.2, 0.25) is 11.8 Å². The van der Waals surface area contributed by atoms with Crippen LogP contribution in [0, 0.1) is 0 Å². The Balaban J connectivity index is 1.21. The van der Waals surface area contributed by atoms with Crippen molar-refractivity contribution in [2.75, 3.05) is 31.1 Å². The molecule has 2 fully saturated rings. The summed E-state index contributed by atoms with van der Waals surface area (Å²) in [6, 6.07) is 10.2. The van der Waals surface area contributed by atoms with Gasteiger partial charge in [-0.05, 0) is 35.2 Å². The van der Waals surface area contributed by atoms with Gasteiger partial charge in [0.15, 0.2) is 0 Å². The van der Waals surface area contributed by atoms with Gasteiger partial charge in [0.25, 0.3) is 0 Å². The van der Waals surface area contributed by atoms with Crippen LogP contribution in [0.3, 0.4) is 0 Å². The molecule has 32 heavy (non-hydrogen) atoms. The Morgan fingerprint density at radius 2 is 1.94 bits per heavy atom. The van der Waals surface area contributed by atoms with E-state index in [0.717, 1.165) is 38.4 Å². The highest BCUT2D eigenvalue weighted by Gasteiger charge is 2.39. The summed E-state index contributed by atoms with van der Waals surface area (Å²) in [4.78, 5) is 34.8. The number of pyridine rings is 1. The maximum Gasteiger partial charge on any atom is 0.243 e. The van der Waals surface area contributed by atoms with Crippen LogP contribution in [0.2, 0.25) is 5.15 Å². The Bertz CT molecular complexity index is 1040. The lowest BCUT2D eigenvalue weighted by molar-refractivity contribution is -0.137. The van der Waals surface area contributed by atoms with Crippen molar-refractivity contribution in [3.8, 4) is 0 Å². The number of rotatable bonds is 4. The largest absolute Gasteiger partial charge is 0.369 e. The van der Waals surface area contributed by atoms with E-state index in [0.29, 0.717) is 24.5 Å². The van der Waals surface area contributed by atoms with E-state index in [9.17, 15) is 9.59 Å². The van der Waals surface area contributed by atoms with Crippen molar-refractivity contribution in [1.29, 1.82) is 0 Å². The van der Waals surface area contributed by atoms with E-state index in [-0.39, 0.29) is 23.2 Å². The highest BCUT2D eigenvalue weighted by molar-refractivity contribution is 7.80. The van der Waals surface area contributed by atoms with E-state index in [1.165, 1.54) is 16.7 Å². The minimum absolute atomic E-state index is 0.137. The number of carbonyl (C=O) groups is 2. The molecule has 0 radical (unpaired) electrons. The quantitative estimate of drug-likeness (QED) is 0.406. The number of nitrogens with one attached hydrogen (secondary N) is 1. The number of anilines is 1. The standard InChI is InChI=1S/C23H26ClN5O2S/c24-20-12-17(5-6-25-20)28-9-7-27(8-10-28)13-15-1-2-16-14-29(23(32)18(16)11-15)19-3-4-21(30)26-22(19)31/h1-2,5-6,11-12,19,23,32H,3-4,7-10,13-14H2,(H,26,30,31). The molecule has 9 heteroatoms. The van der Waals surface area contributed by atoms with Gasteiger partial charge in [0, 0.05) is 57.6 Å². The number of aromatic nitrogens is 1. The van der Waals surface area contributed by atoms with Crippen LogP contribution in [0.1, 0.15) is 34.9 Å². The van der Waals surface area contributed by atoms with Gasteiger partial charge in [-0.25, -0.2) is 4.98 Å². The maximum atomic E-state index is 12.3. The first kappa shape index (κ1) is 21.7. The molecule has 3 aliphatic rings. The minimum atomic E-state index is -0.305. The van der Waals surface area contributed by atoms with Crippen molar-refractivity contribution in [2.45, 2.75) is 37.3 Å². The van der Waals surface area contributed by atoms with Gasteiger partial charge >= 0.3 is 0 Å². The number of thiol groups is 1. The second kappa shape index (κ2) is 9.02. The molecule has 3 aliphatic heterocycles. The summed E-state index contributed by atoms with van der Waals surface area (Å²) in [7, 11) is 0. The van der Waals surface area contributed by atoms with E-state index in [1.807, 2.05) is 12.1 Å². The molecule has 2 saturated heterocycles. The van der Waals surface area contributed by atoms with Crippen LogP contribution in [0.15, 0.2) is 36.5 Å². The fourth-order valence-electron chi connectivity index (χ4n) is 4.88. The molecule has 5 rings (SSSR count). The lowest BCUT2D eigenvalue weighted by atomic mass is 10.0. The molecule has 1 N–H and O–H groups in total. The van der Waals surface area contributed by atoms with Gasteiger partial charge in [0.1, 0.15) is 5.15 Å². The van der Waals surface area contributed by atoms with Crippen LogP contribution in [-0.2, 0) is 22.7 Å². The zero-order valence-electron chi connectivity index (χ0n) is 17.7. The molecular formula is C23H26ClN5O2S.